The summed E-state index contributed by atoms with van der Waals surface area (Å²) in [7, 11) is 4.06. The monoisotopic (exact) mass is 252 g/mol. The Balaban J connectivity index is 2.59. The third-order valence-electron chi connectivity index (χ3n) is 3.62. The fourth-order valence-electron chi connectivity index (χ4n) is 2.23. The fraction of sp³-hybridized carbons (Fsp3) is 0.600. The summed E-state index contributed by atoms with van der Waals surface area (Å²) in [6.45, 7) is 8.42. The van der Waals surface area contributed by atoms with Gasteiger partial charge in [-0.15, -0.1) is 0 Å². The molecule has 1 N–H and O–H groups in total. The largest absolute Gasteiger partial charge is 0.317 e. The highest BCUT2D eigenvalue weighted by Crippen LogP contribution is 2.22. The standard InChI is InChI=1S/C15H25FN2/c1-12(17-4)15(2,3)11-18(5)10-13-7-6-8-14(16)9-13/h6-9,12,17H,10-11H2,1-5H3. The van der Waals surface area contributed by atoms with E-state index in [-0.39, 0.29) is 11.2 Å². The van der Waals surface area contributed by atoms with Gasteiger partial charge in [0.2, 0.25) is 0 Å². The Kier molecular flexibility index (Phi) is 5.29. The number of rotatable bonds is 6. The number of nitrogens with one attached hydrogen (secondary N) is 1. The molecule has 1 rings (SSSR count). The van der Waals surface area contributed by atoms with Gasteiger partial charge in [0.15, 0.2) is 0 Å². The molecular formula is C15H25FN2. The molecule has 2 nitrogen and oxygen atoms in total. The van der Waals surface area contributed by atoms with Crippen molar-refractivity contribution in [2.45, 2.75) is 33.4 Å². The first-order chi connectivity index (χ1) is 8.35. The van der Waals surface area contributed by atoms with E-state index in [9.17, 15) is 4.39 Å². The van der Waals surface area contributed by atoms with Crippen LogP contribution >= 0.6 is 0 Å². The second-order valence-corrected chi connectivity index (χ2v) is 5.80. The lowest BCUT2D eigenvalue weighted by Crippen LogP contribution is -2.44. The van der Waals surface area contributed by atoms with Crippen LogP contribution in [0.4, 0.5) is 4.39 Å². The van der Waals surface area contributed by atoms with E-state index in [0.717, 1.165) is 18.7 Å². The van der Waals surface area contributed by atoms with Gasteiger partial charge in [0.1, 0.15) is 5.82 Å². The maximum Gasteiger partial charge on any atom is 0.123 e. The summed E-state index contributed by atoms with van der Waals surface area (Å²) < 4.78 is 13.1. The molecule has 1 aromatic carbocycles. The quantitative estimate of drug-likeness (QED) is 0.837. The van der Waals surface area contributed by atoms with E-state index in [0.29, 0.717) is 6.04 Å². The van der Waals surface area contributed by atoms with Gasteiger partial charge in [-0.2, -0.15) is 0 Å². The van der Waals surface area contributed by atoms with E-state index in [4.69, 9.17) is 0 Å². The zero-order chi connectivity index (χ0) is 13.8. The Labute approximate surface area is 110 Å². The molecule has 102 valence electrons. The summed E-state index contributed by atoms with van der Waals surface area (Å²) in [5.74, 6) is -0.163. The first-order valence-corrected chi connectivity index (χ1v) is 6.45. The molecule has 0 saturated carbocycles. The highest BCUT2D eigenvalue weighted by Gasteiger charge is 2.26. The second-order valence-electron chi connectivity index (χ2n) is 5.80. The van der Waals surface area contributed by atoms with Crippen LogP contribution in [0.3, 0.4) is 0 Å². The molecular weight excluding hydrogens is 227 g/mol. The van der Waals surface area contributed by atoms with Crippen LogP contribution in [0.1, 0.15) is 26.3 Å². The maximum absolute atomic E-state index is 13.1. The van der Waals surface area contributed by atoms with Crippen molar-refractivity contribution in [3.05, 3.63) is 35.6 Å². The van der Waals surface area contributed by atoms with Gasteiger partial charge in [-0.1, -0.05) is 26.0 Å². The van der Waals surface area contributed by atoms with Crippen molar-refractivity contribution in [2.75, 3.05) is 20.6 Å². The third kappa shape index (κ3) is 4.39. The number of hydrogen-bond acceptors (Lipinski definition) is 2. The molecule has 1 aromatic rings. The summed E-state index contributed by atoms with van der Waals surface area (Å²) in [5.41, 5.74) is 1.20. The van der Waals surface area contributed by atoms with E-state index >= 15 is 0 Å². The molecule has 0 aliphatic carbocycles. The van der Waals surface area contributed by atoms with Gasteiger partial charge >= 0.3 is 0 Å². The topological polar surface area (TPSA) is 15.3 Å². The van der Waals surface area contributed by atoms with Gasteiger partial charge < -0.3 is 10.2 Å². The van der Waals surface area contributed by atoms with Gasteiger partial charge in [-0.05, 0) is 44.1 Å². The summed E-state index contributed by atoms with van der Waals surface area (Å²) in [5, 5.41) is 3.30. The zero-order valence-corrected chi connectivity index (χ0v) is 12.1. The zero-order valence-electron chi connectivity index (χ0n) is 12.1. The predicted octanol–water partition coefficient (Wildman–Crippen LogP) is 2.89. The summed E-state index contributed by atoms with van der Waals surface area (Å²) in [6, 6.07) is 7.25. The average Bonchev–Trinajstić information content (AvgIpc) is 2.26. The van der Waals surface area contributed by atoms with Crippen molar-refractivity contribution in [3.8, 4) is 0 Å². The molecule has 0 fully saturated rings. The van der Waals surface area contributed by atoms with E-state index < -0.39 is 0 Å². The van der Waals surface area contributed by atoms with Crippen LogP contribution < -0.4 is 5.32 Å². The Hall–Kier alpha value is -0.930. The van der Waals surface area contributed by atoms with Gasteiger partial charge in [0, 0.05) is 19.1 Å². The van der Waals surface area contributed by atoms with Crippen molar-refractivity contribution in [3.63, 3.8) is 0 Å². The van der Waals surface area contributed by atoms with Crippen molar-refractivity contribution in [1.29, 1.82) is 0 Å². The second kappa shape index (κ2) is 6.30. The van der Waals surface area contributed by atoms with Crippen molar-refractivity contribution in [1.82, 2.24) is 10.2 Å². The summed E-state index contributed by atoms with van der Waals surface area (Å²) in [4.78, 5) is 2.24. The minimum absolute atomic E-state index is 0.163. The first kappa shape index (κ1) is 15.1. The summed E-state index contributed by atoms with van der Waals surface area (Å²) >= 11 is 0. The molecule has 0 aliphatic rings. The Bertz CT molecular complexity index is 377. The Morgan fingerprint density at radius 3 is 2.61 bits per heavy atom. The van der Waals surface area contributed by atoms with Gasteiger partial charge in [-0.25, -0.2) is 4.39 Å². The lowest BCUT2D eigenvalue weighted by Gasteiger charge is -2.35. The molecule has 0 bridgehead atoms. The maximum atomic E-state index is 13.1. The number of benzene rings is 1. The smallest absolute Gasteiger partial charge is 0.123 e. The highest BCUT2D eigenvalue weighted by molar-refractivity contribution is 5.16. The molecule has 1 atom stereocenters. The van der Waals surface area contributed by atoms with E-state index in [2.05, 4.69) is 38.0 Å². The number of nitrogens with zero attached hydrogens (tertiary/aromatic N) is 1. The van der Waals surface area contributed by atoms with Gasteiger partial charge in [0.25, 0.3) is 0 Å². The molecule has 0 saturated heterocycles. The van der Waals surface area contributed by atoms with Crippen molar-refractivity contribution in [2.24, 2.45) is 5.41 Å². The van der Waals surface area contributed by atoms with Crippen LogP contribution in [0.5, 0.6) is 0 Å². The lowest BCUT2D eigenvalue weighted by molar-refractivity contribution is 0.164. The summed E-state index contributed by atoms with van der Waals surface area (Å²) in [6.07, 6.45) is 0. The Morgan fingerprint density at radius 2 is 2.06 bits per heavy atom. The SMILES string of the molecule is CNC(C)C(C)(C)CN(C)Cc1cccc(F)c1. The average molecular weight is 252 g/mol. The van der Waals surface area contributed by atoms with Crippen LogP contribution in [-0.2, 0) is 6.54 Å². The first-order valence-electron chi connectivity index (χ1n) is 6.45. The lowest BCUT2D eigenvalue weighted by atomic mass is 9.85. The van der Waals surface area contributed by atoms with Crippen LogP contribution in [-0.4, -0.2) is 31.6 Å². The van der Waals surface area contributed by atoms with Crippen LogP contribution in [0.25, 0.3) is 0 Å². The molecule has 0 spiro atoms. The van der Waals surface area contributed by atoms with Crippen molar-refractivity contribution >= 4 is 0 Å². The molecule has 0 radical (unpaired) electrons. The minimum atomic E-state index is -0.163. The van der Waals surface area contributed by atoms with E-state index in [1.165, 1.54) is 6.07 Å². The fourth-order valence-corrected chi connectivity index (χ4v) is 2.23. The normalized spacial score (nSPS) is 13.9. The number of halogens is 1. The molecule has 0 heterocycles. The van der Waals surface area contributed by atoms with Crippen LogP contribution in [0.15, 0.2) is 24.3 Å². The highest BCUT2D eigenvalue weighted by atomic mass is 19.1. The Morgan fingerprint density at radius 1 is 1.39 bits per heavy atom. The van der Waals surface area contributed by atoms with E-state index in [1.54, 1.807) is 12.1 Å². The molecule has 0 aliphatic heterocycles. The minimum Gasteiger partial charge on any atom is -0.317 e. The van der Waals surface area contributed by atoms with Crippen molar-refractivity contribution < 1.29 is 4.39 Å². The molecule has 3 heteroatoms. The molecule has 0 amide bonds. The number of hydrogen-bond donors (Lipinski definition) is 1. The predicted molar refractivity (Wildman–Crippen MR) is 75.0 cm³/mol. The molecule has 18 heavy (non-hydrogen) atoms. The van der Waals surface area contributed by atoms with Gasteiger partial charge in [0.05, 0.1) is 0 Å². The third-order valence-corrected chi connectivity index (χ3v) is 3.62. The molecule has 1 unspecified atom stereocenters. The molecule has 0 aromatic heterocycles. The van der Waals surface area contributed by atoms with Gasteiger partial charge in [-0.3, -0.25) is 0 Å². The van der Waals surface area contributed by atoms with E-state index in [1.807, 2.05) is 13.1 Å². The van der Waals surface area contributed by atoms with Crippen LogP contribution in [0.2, 0.25) is 0 Å². The van der Waals surface area contributed by atoms with Crippen LogP contribution in [0, 0.1) is 11.2 Å².